The minimum Gasteiger partial charge on any atom is -0.294 e. The smallest absolute Gasteiger partial charge is 0.165 e. The van der Waals surface area contributed by atoms with Crippen molar-refractivity contribution in [3.05, 3.63) is 138 Å². The number of hydrogen-bond acceptors (Lipinski definition) is 1. The lowest BCUT2D eigenvalue weighted by Gasteiger charge is -2.28. The van der Waals surface area contributed by atoms with Crippen molar-refractivity contribution in [2.75, 3.05) is 6.16 Å². The van der Waals surface area contributed by atoms with Gasteiger partial charge in [0.2, 0.25) is 0 Å². The van der Waals surface area contributed by atoms with E-state index < -0.39 is 12.7 Å². The van der Waals surface area contributed by atoms with Gasteiger partial charge in [0.05, 0.1) is 11.6 Å². The third kappa shape index (κ3) is 5.07. The van der Waals surface area contributed by atoms with Gasteiger partial charge < -0.3 is 0 Å². The van der Waals surface area contributed by atoms with Crippen molar-refractivity contribution in [1.29, 1.82) is 0 Å². The molecule has 35 heavy (non-hydrogen) atoms. The Morgan fingerprint density at radius 3 is 1.69 bits per heavy atom. The SMILES string of the molecule is CC1=C(/C=C/C(C)=C/C[P+](c2ccccc2)(c2ccccc2)c2ccccc2)C(C)(C)C(=O)C=C1. The summed E-state index contributed by atoms with van der Waals surface area (Å²) in [5.74, 6) is 0.159. The average molecular weight is 478 g/mol. The van der Waals surface area contributed by atoms with Crippen molar-refractivity contribution in [3.8, 4) is 0 Å². The van der Waals surface area contributed by atoms with Gasteiger partial charge in [-0.15, -0.1) is 0 Å². The first-order valence-corrected chi connectivity index (χ1v) is 14.2. The molecule has 0 atom stereocenters. The molecule has 1 aliphatic carbocycles. The second-order valence-corrected chi connectivity index (χ2v) is 13.2. The third-order valence-corrected chi connectivity index (χ3v) is 11.3. The van der Waals surface area contributed by atoms with E-state index in [1.165, 1.54) is 21.5 Å². The minimum atomic E-state index is -1.90. The molecular weight excluding hydrogens is 443 g/mol. The highest BCUT2D eigenvalue weighted by Crippen LogP contribution is 2.55. The molecule has 1 nitrogen and oxygen atoms in total. The van der Waals surface area contributed by atoms with Crippen LogP contribution in [0.1, 0.15) is 27.7 Å². The molecule has 0 aliphatic heterocycles. The quantitative estimate of drug-likeness (QED) is 0.265. The van der Waals surface area contributed by atoms with Crippen LogP contribution >= 0.6 is 7.26 Å². The maximum absolute atomic E-state index is 12.5. The Hall–Kier alpha value is -3.28. The Morgan fingerprint density at radius 2 is 1.23 bits per heavy atom. The van der Waals surface area contributed by atoms with E-state index in [2.05, 4.69) is 123 Å². The van der Waals surface area contributed by atoms with Crippen molar-refractivity contribution in [2.45, 2.75) is 27.7 Å². The van der Waals surface area contributed by atoms with Gasteiger partial charge in [-0.25, -0.2) is 0 Å². The molecule has 3 aromatic rings. The Balaban J connectivity index is 1.78. The first-order chi connectivity index (χ1) is 16.9. The Kier molecular flexibility index (Phi) is 7.48. The Morgan fingerprint density at radius 1 is 0.771 bits per heavy atom. The van der Waals surface area contributed by atoms with Gasteiger partial charge in [0.15, 0.2) is 5.78 Å². The first kappa shape index (κ1) is 24.8. The van der Waals surface area contributed by atoms with Crippen LogP contribution < -0.4 is 15.9 Å². The predicted molar refractivity (Wildman–Crippen MR) is 154 cm³/mol. The molecule has 0 radical (unpaired) electrons. The molecule has 0 amide bonds. The van der Waals surface area contributed by atoms with Crippen LogP contribution in [0.15, 0.2) is 138 Å². The van der Waals surface area contributed by atoms with Gasteiger partial charge in [-0.3, -0.25) is 4.79 Å². The van der Waals surface area contributed by atoms with E-state index in [1.54, 1.807) is 6.08 Å². The van der Waals surface area contributed by atoms with Crippen molar-refractivity contribution in [1.82, 2.24) is 0 Å². The number of hydrogen-bond donors (Lipinski definition) is 0. The van der Waals surface area contributed by atoms with Gasteiger partial charge in [0.1, 0.15) is 23.2 Å². The van der Waals surface area contributed by atoms with E-state index in [-0.39, 0.29) is 5.78 Å². The van der Waals surface area contributed by atoms with E-state index in [4.69, 9.17) is 0 Å². The van der Waals surface area contributed by atoms with Crippen molar-refractivity contribution in [2.24, 2.45) is 5.41 Å². The standard InChI is InChI=1S/C33H34OP/c1-26(20-22-31-27(2)21-23-32(34)33(31,3)4)24-25-35(28-14-8-5-9-15-28,29-16-10-6-11-17-29)30-18-12-7-13-19-30/h5-24H,25H2,1-4H3/q+1/b22-20+,26-24+. The molecule has 1 aliphatic rings. The number of ketones is 1. The highest BCUT2D eigenvalue weighted by atomic mass is 31.2. The van der Waals surface area contributed by atoms with Gasteiger partial charge >= 0.3 is 0 Å². The molecular formula is C33H34OP+. The van der Waals surface area contributed by atoms with E-state index in [0.29, 0.717) is 0 Å². The number of allylic oxidation sites excluding steroid dienone is 8. The second kappa shape index (κ2) is 10.5. The topological polar surface area (TPSA) is 17.1 Å². The number of benzene rings is 3. The first-order valence-electron chi connectivity index (χ1n) is 12.2. The summed E-state index contributed by atoms with van der Waals surface area (Å²) in [5, 5.41) is 4.15. The fourth-order valence-electron chi connectivity index (χ4n) is 4.84. The van der Waals surface area contributed by atoms with Crippen LogP contribution in [-0.4, -0.2) is 11.9 Å². The van der Waals surface area contributed by atoms with Gasteiger partial charge in [-0.1, -0.05) is 78.4 Å². The summed E-state index contributed by atoms with van der Waals surface area (Å²) >= 11 is 0. The molecule has 0 bridgehead atoms. The van der Waals surface area contributed by atoms with Crippen LogP contribution in [0.2, 0.25) is 0 Å². The Labute approximate surface area is 211 Å². The summed E-state index contributed by atoms with van der Waals surface area (Å²) < 4.78 is 0. The normalized spacial score (nSPS) is 16.2. The molecule has 0 saturated carbocycles. The van der Waals surface area contributed by atoms with Crippen LogP contribution in [0.4, 0.5) is 0 Å². The maximum atomic E-state index is 12.5. The zero-order valence-electron chi connectivity index (χ0n) is 21.1. The summed E-state index contributed by atoms with van der Waals surface area (Å²) in [6.07, 6.45) is 11.2. The predicted octanol–water partition coefficient (Wildman–Crippen LogP) is 6.96. The summed E-state index contributed by atoms with van der Waals surface area (Å²) in [6.45, 7) is 8.27. The van der Waals surface area contributed by atoms with Crippen molar-refractivity contribution in [3.63, 3.8) is 0 Å². The molecule has 176 valence electrons. The average Bonchev–Trinajstić information content (AvgIpc) is 2.88. The summed E-state index contributed by atoms with van der Waals surface area (Å²) in [4.78, 5) is 12.5. The van der Waals surface area contributed by atoms with Crippen LogP contribution in [-0.2, 0) is 4.79 Å². The molecule has 0 spiro atoms. The van der Waals surface area contributed by atoms with E-state index in [9.17, 15) is 4.79 Å². The van der Waals surface area contributed by atoms with Crippen LogP contribution in [0, 0.1) is 5.41 Å². The molecule has 0 saturated heterocycles. The van der Waals surface area contributed by atoms with Crippen LogP contribution in [0.25, 0.3) is 0 Å². The molecule has 0 N–H and O–H groups in total. The van der Waals surface area contributed by atoms with Crippen molar-refractivity contribution < 1.29 is 4.79 Å². The summed E-state index contributed by atoms with van der Waals surface area (Å²) in [7, 11) is -1.90. The largest absolute Gasteiger partial charge is 0.294 e. The number of carbonyl (C=O) groups is 1. The lowest BCUT2D eigenvalue weighted by atomic mass is 9.74. The van der Waals surface area contributed by atoms with Crippen molar-refractivity contribution >= 4 is 29.0 Å². The highest BCUT2D eigenvalue weighted by molar-refractivity contribution is 7.95. The highest BCUT2D eigenvalue weighted by Gasteiger charge is 2.44. The molecule has 3 aromatic carbocycles. The maximum Gasteiger partial charge on any atom is 0.165 e. The number of carbonyl (C=O) groups excluding carboxylic acids is 1. The number of rotatable bonds is 7. The van der Waals surface area contributed by atoms with Gasteiger partial charge in [-0.2, -0.15) is 0 Å². The van der Waals surface area contributed by atoms with Gasteiger partial charge in [-0.05, 0) is 87.4 Å². The summed E-state index contributed by atoms with van der Waals surface area (Å²) in [5.41, 5.74) is 2.95. The van der Waals surface area contributed by atoms with E-state index in [1.807, 2.05) is 19.9 Å². The fourth-order valence-corrected chi connectivity index (χ4v) is 8.97. The summed E-state index contributed by atoms with van der Waals surface area (Å²) in [6, 6.07) is 32.9. The van der Waals surface area contributed by atoms with Crippen LogP contribution in [0.3, 0.4) is 0 Å². The zero-order chi connectivity index (χ0) is 24.9. The lowest BCUT2D eigenvalue weighted by Crippen LogP contribution is -2.33. The fraction of sp³-hybridized carbons (Fsp3) is 0.182. The van der Waals surface area contributed by atoms with E-state index in [0.717, 1.165) is 17.3 Å². The molecule has 0 fully saturated rings. The van der Waals surface area contributed by atoms with Gasteiger partial charge in [0, 0.05) is 0 Å². The third-order valence-electron chi connectivity index (χ3n) is 6.99. The zero-order valence-corrected chi connectivity index (χ0v) is 22.0. The second-order valence-electron chi connectivity index (χ2n) is 9.70. The monoisotopic (exact) mass is 477 g/mol. The Bertz CT molecular complexity index is 1200. The molecule has 4 rings (SSSR count). The van der Waals surface area contributed by atoms with Crippen LogP contribution in [0.5, 0.6) is 0 Å². The molecule has 2 heteroatoms. The van der Waals surface area contributed by atoms with Gasteiger partial charge in [0.25, 0.3) is 0 Å². The lowest BCUT2D eigenvalue weighted by molar-refractivity contribution is -0.120. The minimum absolute atomic E-state index is 0.159. The molecule has 0 heterocycles. The molecule has 0 unspecified atom stereocenters. The molecule has 0 aromatic heterocycles. The van der Waals surface area contributed by atoms with E-state index >= 15 is 0 Å².